The first-order valence-electron chi connectivity index (χ1n) is 5.09. The minimum atomic E-state index is -0.381. The Morgan fingerprint density at radius 3 is 2.94 bits per heavy atom. The Kier molecular flexibility index (Phi) is 2.81. The summed E-state index contributed by atoms with van der Waals surface area (Å²) in [5.41, 5.74) is 2.31. The molecule has 4 heteroatoms. The Balaban J connectivity index is 2.73. The van der Waals surface area contributed by atoms with E-state index in [4.69, 9.17) is 4.74 Å². The molecule has 0 amide bonds. The van der Waals surface area contributed by atoms with E-state index in [0.717, 1.165) is 22.9 Å². The monoisotopic (exact) mass is 216 g/mol. The number of carbonyl (C=O) groups is 1. The zero-order valence-electron chi connectivity index (χ0n) is 9.23. The van der Waals surface area contributed by atoms with Gasteiger partial charge in [0.25, 0.3) is 0 Å². The second kappa shape index (κ2) is 4.26. The van der Waals surface area contributed by atoms with E-state index in [1.807, 2.05) is 25.1 Å². The third kappa shape index (κ3) is 1.62. The Bertz CT molecular complexity index is 538. The van der Waals surface area contributed by atoms with Gasteiger partial charge in [0, 0.05) is 5.39 Å². The van der Waals surface area contributed by atoms with Gasteiger partial charge in [0.2, 0.25) is 0 Å². The molecular weight excluding hydrogens is 204 g/mol. The molecule has 0 unspecified atom stereocenters. The Morgan fingerprint density at radius 1 is 1.44 bits per heavy atom. The number of hydrogen-bond donors (Lipinski definition) is 0. The molecule has 0 radical (unpaired) electrons. The number of carbonyl (C=O) groups excluding carboxylic acids is 1. The molecule has 16 heavy (non-hydrogen) atoms. The number of methoxy groups -OCH3 is 1. The fourth-order valence-corrected chi connectivity index (χ4v) is 1.70. The van der Waals surface area contributed by atoms with E-state index >= 15 is 0 Å². The van der Waals surface area contributed by atoms with Gasteiger partial charge in [-0.15, -0.1) is 0 Å². The van der Waals surface area contributed by atoms with E-state index < -0.39 is 0 Å². The predicted octanol–water partition coefficient (Wildman–Crippen LogP) is 1.98. The van der Waals surface area contributed by atoms with Crippen LogP contribution in [-0.4, -0.2) is 23.3 Å². The van der Waals surface area contributed by atoms with Gasteiger partial charge in [0.1, 0.15) is 0 Å². The number of rotatable bonds is 2. The topological polar surface area (TPSA) is 52.1 Å². The van der Waals surface area contributed by atoms with Gasteiger partial charge in [0.05, 0.1) is 24.4 Å². The van der Waals surface area contributed by atoms with Crippen molar-refractivity contribution in [3.05, 3.63) is 35.5 Å². The molecule has 4 nitrogen and oxygen atoms in total. The molecule has 0 saturated heterocycles. The number of aromatic nitrogens is 2. The van der Waals surface area contributed by atoms with Crippen molar-refractivity contribution in [1.29, 1.82) is 0 Å². The van der Waals surface area contributed by atoms with E-state index in [0.29, 0.717) is 5.56 Å². The lowest BCUT2D eigenvalue weighted by atomic mass is 10.1. The van der Waals surface area contributed by atoms with E-state index in [-0.39, 0.29) is 5.97 Å². The van der Waals surface area contributed by atoms with E-state index in [1.54, 1.807) is 0 Å². The lowest BCUT2D eigenvalue weighted by Crippen LogP contribution is -2.04. The van der Waals surface area contributed by atoms with Crippen molar-refractivity contribution in [2.24, 2.45) is 0 Å². The zero-order valence-corrected chi connectivity index (χ0v) is 9.23. The number of esters is 1. The molecule has 0 aliphatic carbocycles. The van der Waals surface area contributed by atoms with Crippen LogP contribution in [0, 0.1) is 0 Å². The van der Waals surface area contributed by atoms with Gasteiger partial charge in [-0.05, 0) is 12.0 Å². The number of ether oxygens (including phenoxy) is 1. The van der Waals surface area contributed by atoms with Crippen LogP contribution in [-0.2, 0) is 11.2 Å². The first-order valence-corrected chi connectivity index (χ1v) is 5.09. The highest BCUT2D eigenvalue weighted by atomic mass is 16.5. The number of nitrogens with zero attached hydrogens (tertiary/aromatic N) is 2. The lowest BCUT2D eigenvalue weighted by Gasteiger charge is -2.05. The first-order chi connectivity index (χ1) is 7.77. The van der Waals surface area contributed by atoms with Crippen molar-refractivity contribution in [3.8, 4) is 0 Å². The lowest BCUT2D eigenvalue weighted by molar-refractivity contribution is 0.0602. The predicted molar refractivity (Wildman–Crippen MR) is 60.3 cm³/mol. The van der Waals surface area contributed by atoms with E-state index in [2.05, 4.69) is 10.2 Å². The molecule has 0 aliphatic rings. The number of hydrogen-bond acceptors (Lipinski definition) is 4. The molecule has 0 fully saturated rings. The highest BCUT2D eigenvalue weighted by Crippen LogP contribution is 2.20. The minimum absolute atomic E-state index is 0.381. The Morgan fingerprint density at radius 2 is 2.25 bits per heavy atom. The smallest absolute Gasteiger partial charge is 0.340 e. The van der Waals surface area contributed by atoms with Gasteiger partial charge < -0.3 is 4.74 Å². The SMILES string of the molecule is CCc1cccc2c(C(=O)OC)cnnc12. The molecule has 1 heterocycles. The molecule has 82 valence electrons. The molecule has 0 bridgehead atoms. The molecule has 0 saturated carbocycles. The maximum absolute atomic E-state index is 11.5. The second-order valence-corrected chi connectivity index (χ2v) is 3.42. The molecule has 0 N–H and O–H groups in total. The van der Waals surface area contributed by atoms with Crippen molar-refractivity contribution < 1.29 is 9.53 Å². The van der Waals surface area contributed by atoms with Crippen LogP contribution in [0.5, 0.6) is 0 Å². The third-order valence-corrected chi connectivity index (χ3v) is 2.54. The molecular formula is C12H12N2O2. The summed E-state index contributed by atoms with van der Waals surface area (Å²) in [7, 11) is 1.36. The Labute approximate surface area is 93.3 Å². The largest absolute Gasteiger partial charge is 0.465 e. The van der Waals surface area contributed by atoms with Crippen molar-refractivity contribution in [2.45, 2.75) is 13.3 Å². The maximum Gasteiger partial charge on any atom is 0.340 e. The molecule has 1 aromatic heterocycles. The fourth-order valence-electron chi connectivity index (χ4n) is 1.70. The van der Waals surface area contributed by atoms with Gasteiger partial charge in [-0.2, -0.15) is 10.2 Å². The van der Waals surface area contributed by atoms with Gasteiger partial charge in [-0.3, -0.25) is 0 Å². The summed E-state index contributed by atoms with van der Waals surface area (Å²) in [6.07, 6.45) is 2.30. The molecule has 1 aromatic carbocycles. The van der Waals surface area contributed by atoms with E-state index in [9.17, 15) is 4.79 Å². The average molecular weight is 216 g/mol. The van der Waals surface area contributed by atoms with Crippen molar-refractivity contribution in [1.82, 2.24) is 10.2 Å². The summed E-state index contributed by atoms with van der Waals surface area (Å²) in [6, 6.07) is 5.75. The molecule has 0 aliphatic heterocycles. The Hall–Kier alpha value is -1.97. The highest BCUT2D eigenvalue weighted by Gasteiger charge is 2.12. The van der Waals surface area contributed by atoms with E-state index in [1.165, 1.54) is 13.3 Å². The van der Waals surface area contributed by atoms with Crippen LogP contribution in [0.2, 0.25) is 0 Å². The molecule has 0 atom stereocenters. The summed E-state index contributed by atoms with van der Waals surface area (Å²) in [5.74, 6) is -0.381. The maximum atomic E-state index is 11.5. The average Bonchev–Trinajstić information content (AvgIpc) is 2.36. The van der Waals surface area contributed by atoms with Gasteiger partial charge >= 0.3 is 5.97 Å². The molecule has 2 aromatic rings. The standard InChI is InChI=1S/C12H12N2O2/c1-3-8-5-4-6-9-10(12(15)16-2)7-13-14-11(8)9/h4-7H,3H2,1-2H3. The van der Waals surface area contributed by atoms with Crippen LogP contribution in [0.4, 0.5) is 0 Å². The quantitative estimate of drug-likeness (QED) is 0.720. The normalized spacial score (nSPS) is 10.4. The van der Waals surface area contributed by atoms with Crippen LogP contribution in [0.25, 0.3) is 10.9 Å². The van der Waals surface area contributed by atoms with Crippen LogP contribution in [0.3, 0.4) is 0 Å². The van der Waals surface area contributed by atoms with Crippen molar-refractivity contribution >= 4 is 16.9 Å². The summed E-state index contributed by atoms with van der Waals surface area (Å²) < 4.78 is 4.71. The van der Waals surface area contributed by atoms with Crippen LogP contribution >= 0.6 is 0 Å². The fraction of sp³-hybridized carbons (Fsp3) is 0.250. The van der Waals surface area contributed by atoms with Gasteiger partial charge in [-0.1, -0.05) is 25.1 Å². The minimum Gasteiger partial charge on any atom is -0.465 e. The van der Waals surface area contributed by atoms with Gasteiger partial charge in [-0.25, -0.2) is 4.79 Å². The molecule has 0 spiro atoms. The van der Waals surface area contributed by atoms with Crippen LogP contribution in [0.15, 0.2) is 24.4 Å². The third-order valence-electron chi connectivity index (χ3n) is 2.54. The summed E-state index contributed by atoms with van der Waals surface area (Å²) in [6.45, 7) is 2.04. The number of fused-ring (bicyclic) bond motifs is 1. The van der Waals surface area contributed by atoms with Crippen molar-refractivity contribution in [3.63, 3.8) is 0 Å². The number of aryl methyl sites for hydroxylation is 1. The summed E-state index contributed by atoms with van der Waals surface area (Å²) in [5, 5.41) is 8.70. The van der Waals surface area contributed by atoms with Gasteiger partial charge in [0.15, 0.2) is 0 Å². The first kappa shape index (κ1) is 10.5. The van der Waals surface area contributed by atoms with Crippen molar-refractivity contribution in [2.75, 3.05) is 7.11 Å². The zero-order chi connectivity index (χ0) is 11.5. The molecule has 2 rings (SSSR count). The van der Waals surface area contributed by atoms with Crippen LogP contribution < -0.4 is 0 Å². The number of benzene rings is 1. The second-order valence-electron chi connectivity index (χ2n) is 3.42. The highest BCUT2D eigenvalue weighted by molar-refractivity contribution is 6.03. The van der Waals surface area contributed by atoms with Crippen LogP contribution in [0.1, 0.15) is 22.8 Å². The summed E-state index contributed by atoms with van der Waals surface area (Å²) in [4.78, 5) is 11.5. The summed E-state index contributed by atoms with van der Waals surface area (Å²) >= 11 is 0.